The maximum atomic E-state index is 12.2. The molecule has 0 aromatic carbocycles. The highest BCUT2D eigenvalue weighted by atomic mass is 16.3. The summed E-state index contributed by atoms with van der Waals surface area (Å²) in [5, 5.41) is 20.5. The summed E-state index contributed by atoms with van der Waals surface area (Å²) in [7, 11) is 0. The van der Waals surface area contributed by atoms with Crippen LogP contribution in [0.4, 0.5) is 4.79 Å². The fourth-order valence-corrected chi connectivity index (χ4v) is 2.85. The molecule has 0 bridgehead atoms. The third kappa shape index (κ3) is 5.19. The van der Waals surface area contributed by atoms with Gasteiger partial charge in [-0.25, -0.2) is 14.5 Å². The van der Waals surface area contributed by atoms with E-state index in [2.05, 4.69) is 34.6 Å². The largest absolute Gasteiger partial charge is 0.388 e. The Morgan fingerprint density at radius 1 is 1.50 bits per heavy atom. The van der Waals surface area contributed by atoms with Gasteiger partial charge in [0.1, 0.15) is 5.82 Å². The third-order valence-corrected chi connectivity index (χ3v) is 4.43. The van der Waals surface area contributed by atoms with Crippen LogP contribution in [0.25, 0.3) is 0 Å². The van der Waals surface area contributed by atoms with Crippen molar-refractivity contribution in [1.29, 1.82) is 0 Å². The molecular weight excluding hydrogens is 306 g/mol. The summed E-state index contributed by atoms with van der Waals surface area (Å²) in [6.07, 6.45) is 4.22. The van der Waals surface area contributed by atoms with Crippen LogP contribution >= 0.6 is 0 Å². The van der Waals surface area contributed by atoms with Gasteiger partial charge in [-0.15, -0.1) is 0 Å². The summed E-state index contributed by atoms with van der Waals surface area (Å²) in [5.74, 6) is 2.18. The first-order chi connectivity index (χ1) is 11.3. The predicted octanol–water partition coefficient (Wildman–Crippen LogP) is 2.16. The summed E-state index contributed by atoms with van der Waals surface area (Å²) in [6.45, 7) is 9.13. The van der Waals surface area contributed by atoms with E-state index < -0.39 is 5.60 Å². The monoisotopic (exact) mass is 337 g/mol. The molecule has 2 rings (SSSR count). The number of aliphatic hydroxyl groups is 1. The van der Waals surface area contributed by atoms with Gasteiger partial charge >= 0.3 is 6.03 Å². The molecule has 2 heterocycles. The van der Waals surface area contributed by atoms with Gasteiger partial charge in [-0.05, 0) is 38.5 Å². The molecule has 1 aliphatic heterocycles. The molecule has 0 spiro atoms. The van der Waals surface area contributed by atoms with Crippen LogP contribution in [0.2, 0.25) is 0 Å². The van der Waals surface area contributed by atoms with Crippen LogP contribution in [-0.2, 0) is 13.0 Å². The number of aryl methyl sites for hydroxylation is 2. The standard InChI is InChI=1S/C17H31N5O2/c1-5-14-20-15-13(7-6-10-22(15)21-14)19-16(23)18-11-17(4,24)9-8-12(2)3/h12-13,24H,5-11H2,1-4H3,(H2,18,19,23). The van der Waals surface area contributed by atoms with Crippen LogP contribution in [0, 0.1) is 5.92 Å². The minimum atomic E-state index is -0.885. The fraction of sp³-hybridized carbons (Fsp3) is 0.824. The highest BCUT2D eigenvalue weighted by Gasteiger charge is 2.26. The van der Waals surface area contributed by atoms with E-state index in [1.807, 2.05) is 11.6 Å². The van der Waals surface area contributed by atoms with Crippen LogP contribution in [-0.4, -0.2) is 38.0 Å². The average molecular weight is 337 g/mol. The lowest BCUT2D eigenvalue weighted by Crippen LogP contribution is -2.46. The zero-order chi connectivity index (χ0) is 17.7. The van der Waals surface area contributed by atoms with Gasteiger partial charge in [0.2, 0.25) is 0 Å². The summed E-state index contributed by atoms with van der Waals surface area (Å²) < 4.78 is 1.89. The van der Waals surface area contributed by atoms with Crippen molar-refractivity contribution in [2.75, 3.05) is 6.54 Å². The van der Waals surface area contributed by atoms with Gasteiger partial charge in [0.15, 0.2) is 5.82 Å². The molecule has 0 saturated carbocycles. The van der Waals surface area contributed by atoms with Gasteiger partial charge in [0, 0.05) is 19.5 Å². The van der Waals surface area contributed by atoms with Gasteiger partial charge < -0.3 is 15.7 Å². The predicted molar refractivity (Wildman–Crippen MR) is 92.6 cm³/mol. The number of urea groups is 1. The van der Waals surface area contributed by atoms with Gasteiger partial charge in [-0.1, -0.05) is 20.8 Å². The fourth-order valence-electron chi connectivity index (χ4n) is 2.85. The summed E-state index contributed by atoms with van der Waals surface area (Å²) >= 11 is 0. The Balaban J connectivity index is 1.86. The van der Waals surface area contributed by atoms with Crippen LogP contribution in [0.1, 0.15) is 71.1 Å². The van der Waals surface area contributed by atoms with E-state index in [-0.39, 0.29) is 18.6 Å². The molecule has 136 valence electrons. The van der Waals surface area contributed by atoms with Crippen molar-refractivity contribution in [2.24, 2.45) is 5.92 Å². The number of aromatic nitrogens is 3. The number of nitrogens with one attached hydrogen (secondary N) is 2. The Kier molecular flexibility index (Phi) is 6.21. The molecule has 1 aromatic heterocycles. The Morgan fingerprint density at radius 3 is 2.92 bits per heavy atom. The molecule has 0 saturated heterocycles. The SMILES string of the molecule is CCc1nc2n(n1)CCCC2NC(=O)NCC(C)(O)CCC(C)C. The van der Waals surface area contributed by atoms with Gasteiger partial charge in [-0.3, -0.25) is 0 Å². The summed E-state index contributed by atoms with van der Waals surface area (Å²) in [6, 6.07) is -0.383. The number of amides is 2. The number of rotatable bonds is 7. The zero-order valence-electron chi connectivity index (χ0n) is 15.3. The molecule has 0 fully saturated rings. The van der Waals surface area contributed by atoms with Gasteiger partial charge in [-0.2, -0.15) is 5.10 Å². The first kappa shape index (κ1) is 18.7. The number of hydrogen-bond donors (Lipinski definition) is 3. The number of hydrogen-bond acceptors (Lipinski definition) is 4. The molecule has 3 N–H and O–H groups in total. The van der Waals surface area contributed by atoms with E-state index in [0.717, 1.165) is 43.9 Å². The second kappa shape index (κ2) is 7.96. The molecule has 0 aliphatic carbocycles. The number of carbonyl (C=O) groups is 1. The van der Waals surface area contributed by atoms with E-state index in [1.165, 1.54) is 0 Å². The second-order valence-corrected chi connectivity index (χ2v) is 7.41. The Morgan fingerprint density at radius 2 is 2.25 bits per heavy atom. The number of fused-ring (bicyclic) bond motifs is 1. The maximum Gasteiger partial charge on any atom is 0.315 e. The quantitative estimate of drug-likeness (QED) is 0.711. The van der Waals surface area contributed by atoms with E-state index in [0.29, 0.717) is 12.3 Å². The van der Waals surface area contributed by atoms with Crippen molar-refractivity contribution in [3.05, 3.63) is 11.6 Å². The molecule has 2 amide bonds. The lowest BCUT2D eigenvalue weighted by atomic mass is 9.95. The van der Waals surface area contributed by atoms with Crippen molar-refractivity contribution < 1.29 is 9.90 Å². The molecule has 0 radical (unpaired) electrons. The average Bonchev–Trinajstić information content (AvgIpc) is 2.96. The van der Waals surface area contributed by atoms with Crippen molar-refractivity contribution in [2.45, 2.75) is 78.0 Å². The number of carbonyl (C=O) groups excluding carboxylic acids is 1. The number of nitrogens with zero attached hydrogens (tertiary/aromatic N) is 3. The zero-order valence-corrected chi connectivity index (χ0v) is 15.3. The molecule has 2 unspecified atom stereocenters. The second-order valence-electron chi connectivity index (χ2n) is 7.41. The molecule has 7 nitrogen and oxygen atoms in total. The molecular formula is C17H31N5O2. The van der Waals surface area contributed by atoms with Crippen molar-refractivity contribution in [3.63, 3.8) is 0 Å². The van der Waals surface area contributed by atoms with E-state index in [9.17, 15) is 9.90 Å². The Hall–Kier alpha value is -1.63. The lowest BCUT2D eigenvalue weighted by Gasteiger charge is -2.26. The molecule has 7 heteroatoms. The van der Waals surface area contributed by atoms with Crippen LogP contribution in [0.5, 0.6) is 0 Å². The highest BCUT2D eigenvalue weighted by molar-refractivity contribution is 5.74. The topological polar surface area (TPSA) is 92.1 Å². The molecule has 1 aliphatic rings. The van der Waals surface area contributed by atoms with E-state index >= 15 is 0 Å². The molecule has 2 atom stereocenters. The van der Waals surface area contributed by atoms with Crippen molar-refractivity contribution in [1.82, 2.24) is 25.4 Å². The van der Waals surface area contributed by atoms with E-state index in [4.69, 9.17) is 0 Å². The Labute approximate surface area is 144 Å². The van der Waals surface area contributed by atoms with Gasteiger partial charge in [0.05, 0.1) is 11.6 Å². The molecule has 24 heavy (non-hydrogen) atoms. The Bertz CT molecular complexity index is 553. The lowest BCUT2D eigenvalue weighted by molar-refractivity contribution is 0.0475. The third-order valence-electron chi connectivity index (χ3n) is 4.43. The van der Waals surface area contributed by atoms with Crippen LogP contribution in [0.3, 0.4) is 0 Å². The normalized spacial score (nSPS) is 19.7. The minimum absolute atomic E-state index is 0.118. The first-order valence-electron chi connectivity index (χ1n) is 9.01. The highest BCUT2D eigenvalue weighted by Crippen LogP contribution is 2.23. The van der Waals surface area contributed by atoms with Crippen LogP contribution < -0.4 is 10.6 Å². The minimum Gasteiger partial charge on any atom is -0.388 e. The summed E-state index contributed by atoms with van der Waals surface area (Å²) in [5.41, 5.74) is -0.885. The maximum absolute atomic E-state index is 12.2. The summed E-state index contributed by atoms with van der Waals surface area (Å²) in [4.78, 5) is 16.7. The van der Waals surface area contributed by atoms with Crippen LogP contribution in [0.15, 0.2) is 0 Å². The van der Waals surface area contributed by atoms with E-state index in [1.54, 1.807) is 6.92 Å². The molecule has 1 aromatic rings. The van der Waals surface area contributed by atoms with Crippen molar-refractivity contribution in [3.8, 4) is 0 Å². The van der Waals surface area contributed by atoms with Crippen molar-refractivity contribution >= 4 is 6.03 Å². The van der Waals surface area contributed by atoms with Gasteiger partial charge in [0.25, 0.3) is 0 Å². The first-order valence-corrected chi connectivity index (χ1v) is 9.01. The smallest absolute Gasteiger partial charge is 0.315 e.